The van der Waals surface area contributed by atoms with E-state index in [2.05, 4.69) is 159 Å². The molecule has 20 heteroatoms. The molecular weight excluding hydrogens is 1860 g/mol. The molecule has 15 nitrogen and oxygen atoms in total. The van der Waals surface area contributed by atoms with Crippen LogP contribution in [0.25, 0.3) is 0 Å². The number of benzene rings is 1. The van der Waals surface area contributed by atoms with Crippen LogP contribution in [0.4, 0.5) is 0 Å². The number of piperidine rings is 2. The zero-order valence-corrected chi connectivity index (χ0v) is 92.9. The average Bonchev–Trinajstić information content (AvgIpc) is 1.63. The average molecular weight is 2050 g/mol. The predicted molar refractivity (Wildman–Crippen MR) is 555 cm³/mol. The van der Waals surface area contributed by atoms with Gasteiger partial charge < -0.3 is 35.6 Å². The molecule has 10 aliphatic carbocycles. The molecule has 776 valence electrons. The number of amides is 3. The second-order valence-corrected chi connectivity index (χ2v) is 57.7. The number of aliphatic hydroxyl groups is 2. The van der Waals surface area contributed by atoms with Gasteiger partial charge in [0.15, 0.2) is 0 Å². The Morgan fingerprint density at radius 3 is 1.17 bits per heavy atom. The third-order valence-corrected chi connectivity index (χ3v) is 41.7. The smallest absolute Gasteiger partial charge is 0 e. The van der Waals surface area contributed by atoms with Gasteiger partial charge in [0.05, 0.1) is 49.1 Å². The zero-order chi connectivity index (χ0) is 99.6. The Bertz CT molecular complexity index is 4150. The summed E-state index contributed by atoms with van der Waals surface area (Å²) in [5, 5.41) is 30.6. The minimum absolute atomic E-state index is 0. The van der Waals surface area contributed by atoms with Crippen LogP contribution in [-0.4, -0.2) is 101 Å². The van der Waals surface area contributed by atoms with Gasteiger partial charge in [-0.3, -0.25) is 18.6 Å². The van der Waals surface area contributed by atoms with Crippen molar-refractivity contribution in [2.24, 2.45) is 181 Å². The van der Waals surface area contributed by atoms with E-state index in [4.69, 9.17) is 42.7 Å². The fourth-order valence-electron chi connectivity index (χ4n) is 32.5. The summed E-state index contributed by atoms with van der Waals surface area (Å²) < 4.78 is 40.4. The van der Waals surface area contributed by atoms with E-state index in [1.807, 2.05) is 13.8 Å². The number of carbonyl (C=O) groups is 5. The van der Waals surface area contributed by atoms with Gasteiger partial charge in [0, 0.05) is 44.0 Å². The first-order valence-corrected chi connectivity index (χ1v) is 62.1. The Labute approximate surface area is 841 Å². The van der Waals surface area contributed by atoms with Gasteiger partial charge in [-0.05, 0) is 349 Å². The Kier molecular flexibility index (Phi) is 44.5. The molecule has 1 aromatic rings. The monoisotopic (exact) mass is 2050 g/mol. The Hall–Kier alpha value is -3.15. The Morgan fingerprint density at radius 1 is 0.489 bits per heavy atom. The number of ether oxygens (including phenoxy) is 2. The van der Waals surface area contributed by atoms with E-state index in [1.165, 1.54) is 225 Å². The maximum absolute atomic E-state index is 12.8. The van der Waals surface area contributed by atoms with E-state index in [1.54, 1.807) is 12.1 Å². The number of hydrogen-bond donors (Lipinski definition) is 5. The van der Waals surface area contributed by atoms with Crippen molar-refractivity contribution in [1.82, 2.24) is 16.0 Å². The van der Waals surface area contributed by atoms with Gasteiger partial charge in [-0.15, -0.1) is 0 Å². The van der Waals surface area contributed by atoms with E-state index in [0.717, 1.165) is 175 Å². The van der Waals surface area contributed by atoms with Crippen molar-refractivity contribution in [3.05, 3.63) is 77.9 Å². The molecule has 18 unspecified atom stereocenters. The Balaban J connectivity index is 0.000000208. The summed E-state index contributed by atoms with van der Waals surface area (Å²) in [6.07, 6.45) is 49.3. The number of aliphatic hydroxyl groups excluding tert-OH is 2. The number of nitrogens with one attached hydrogen (secondary N) is 3. The number of fused-ring (bicyclic) bond motifs is 5. The van der Waals surface area contributed by atoms with Gasteiger partial charge in [0.1, 0.15) is 0 Å². The summed E-state index contributed by atoms with van der Waals surface area (Å²) in [7, 11) is 13.4. The molecule has 5 N–H and O–H groups in total. The van der Waals surface area contributed by atoms with E-state index < -0.39 is 53.2 Å². The SMILES string of the molecule is C=C(C(=O)OC)C(O)C(CC)CCC(C)[C@H]1CCC2[C@@H](C)CCC[C@@]21C.C=C(C(=O)OC)C(O)C(CCC(C)[C@H]1CCC2[C@@H](C)CCC[C@@]21C)COS(=O)(=O)c1ccc(C)cc1.C=C1CC(CCC(C)[C@H]2CCC3[C@@H](C)CCC[C@@]32C)CNC1=O.CC1=CC(CCC(C)[C@H]2CCC3[C@@H](C)CCC[C@@]32C)CNC1=O.CC1CC(CCC(C)[C@H]2CCC3[C@@H](C)CCC[C@@]32C)CNC1=O.[Cl][Rh]([Cl])[Cl].[HH]. The molecule has 33 atom stereocenters. The number of halogens is 3. The molecule has 14 rings (SSSR count). The summed E-state index contributed by atoms with van der Waals surface area (Å²) in [5.41, 5.74) is 5.41. The third-order valence-electron chi connectivity index (χ3n) is 40.4. The quantitative estimate of drug-likeness (QED) is 0.0203. The fraction of sp³-hybridized carbons (Fsp3) is 0.835. The van der Waals surface area contributed by atoms with Gasteiger partial charge in [-0.2, -0.15) is 8.42 Å². The van der Waals surface area contributed by atoms with E-state index in [0.29, 0.717) is 69.0 Å². The van der Waals surface area contributed by atoms with Gasteiger partial charge in [0.2, 0.25) is 17.7 Å². The summed E-state index contributed by atoms with van der Waals surface area (Å²) in [5.74, 6) is 17.6. The number of methoxy groups -OCH3 is 2. The van der Waals surface area contributed by atoms with Crippen molar-refractivity contribution in [3.63, 3.8) is 0 Å². The van der Waals surface area contributed by atoms with Crippen molar-refractivity contribution in [3.8, 4) is 0 Å². The second-order valence-electron chi connectivity index (χ2n) is 48.6. The molecule has 2 saturated heterocycles. The molecule has 12 fully saturated rings. The first kappa shape index (κ1) is 115. The number of carbonyl (C=O) groups excluding carboxylic acids is 5. The Morgan fingerprint density at radius 2 is 0.822 bits per heavy atom. The molecule has 3 heterocycles. The maximum Gasteiger partial charge on any atom is 0 e. The number of hydrogen-bond acceptors (Lipinski definition) is 12. The molecule has 1 aromatic carbocycles. The van der Waals surface area contributed by atoms with E-state index in [-0.39, 0.29) is 53.6 Å². The second kappa shape index (κ2) is 52.1. The molecule has 10 saturated carbocycles. The van der Waals surface area contributed by atoms with Crippen LogP contribution >= 0.6 is 29.1 Å². The molecule has 135 heavy (non-hydrogen) atoms. The van der Waals surface area contributed by atoms with Crippen LogP contribution in [0.1, 0.15) is 376 Å². The largest absolute Gasteiger partial charge is 0 e. The molecule has 3 amide bonds. The molecular formula is C115H193Cl3N3O12RhS. The summed E-state index contributed by atoms with van der Waals surface area (Å²) in [6.45, 7) is 59.1. The minimum Gasteiger partial charge on any atom is 0 e. The summed E-state index contributed by atoms with van der Waals surface area (Å²) >= 11 is -1.66. The van der Waals surface area contributed by atoms with Crippen molar-refractivity contribution in [2.75, 3.05) is 40.5 Å². The van der Waals surface area contributed by atoms with Crippen LogP contribution in [0.5, 0.6) is 0 Å². The van der Waals surface area contributed by atoms with Crippen molar-refractivity contribution < 1.29 is 70.7 Å². The minimum atomic E-state index is -4.00. The molecule has 13 aliphatic rings. The van der Waals surface area contributed by atoms with Crippen molar-refractivity contribution >= 4 is 68.9 Å². The standard InChI is InChI=1S/C29H44O6S.C23H40O3.C21H37NO.2C21H35NO.3ClH.Rh.H2/c1-19-9-13-24(14-10-19)36(32,33)35-18-23(27(30)22(4)28(31)34-6)12-11-21(3)26-16-15-25-20(2)8-7-17-29(25,26)5;1-7-18(21(24)17(4)22(25)26-6)11-10-16(3)20-13-12-19-15(2)9-8-14-23(19,20)5;3*1-14-6-5-11-21(4)18(14)9-10-19(21)15(2)7-8-17-12-16(3)20(23)22-13-17;;;;;/h9-10,13-14,20-21,23,25-27,30H,4,7-8,11-12,15-18H2,1-3,5-6H3;15-16,18-21,24H,4,7-14H2,1-3,5-6H3;14-19H,5-13H2,1-4H3,(H,22,23);12,14-15,17-19H,5-11,13H2,1-4H3,(H,22,23);14-15,17-19H,3,5-13H2,1-2,4H3,(H,22,23);3*1H;;1H/q;;;;;;;;+3;/p-3/t20-,21?,23?,25?,26+,27?,29-;15-,16?,18?,19?,20+,21?,23-;14-,15?,16?,17?,18?,19+,21-;2*14-,15?,17?,18?,19+,21-;;;;;/m00000...../s1. The van der Waals surface area contributed by atoms with Gasteiger partial charge in [-0.25, -0.2) is 9.59 Å². The molecule has 0 bridgehead atoms. The van der Waals surface area contributed by atoms with Crippen LogP contribution in [-0.2, 0) is 60.7 Å². The first-order valence-electron chi connectivity index (χ1n) is 54.4. The van der Waals surface area contributed by atoms with E-state index >= 15 is 0 Å². The predicted octanol–water partition coefficient (Wildman–Crippen LogP) is 28.3. The van der Waals surface area contributed by atoms with Crippen LogP contribution in [0.3, 0.4) is 0 Å². The van der Waals surface area contributed by atoms with Gasteiger partial charge in [-0.1, -0.05) is 251 Å². The van der Waals surface area contributed by atoms with Crippen LogP contribution < -0.4 is 16.0 Å². The van der Waals surface area contributed by atoms with Gasteiger partial charge in [0.25, 0.3) is 10.1 Å². The third kappa shape index (κ3) is 29.2. The van der Waals surface area contributed by atoms with Crippen LogP contribution in [0.15, 0.2) is 77.3 Å². The fourth-order valence-corrected chi connectivity index (χ4v) is 33.5. The normalized spacial score (nSPS) is 36.7. The van der Waals surface area contributed by atoms with Crippen molar-refractivity contribution in [2.45, 2.75) is 393 Å². The zero-order valence-electron chi connectivity index (χ0n) is 88.2. The van der Waals surface area contributed by atoms with Crippen molar-refractivity contribution in [1.29, 1.82) is 0 Å². The topological polar surface area (TPSA) is 224 Å². The van der Waals surface area contributed by atoms with Gasteiger partial charge >= 0.3 is 54.0 Å². The number of aryl methyl sites for hydroxylation is 1. The molecule has 0 spiro atoms. The number of rotatable bonds is 31. The summed E-state index contributed by atoms with van der Waals surface area (Å²) in [4.78, 5) is 58.4. The van der Waals surface area contributed by atoms with Crippen LogP contribution in [0.2, 0.25) is 0 Å². The first-order chi connectivity index (χ1) is 63.6. The van der Waals surface area contributed by atoms with Crippen LogP contribution in [0, 0.1) is 188 Å². The number of esters is 2. The maximum atomic E-state index is 12.8. The molecule has 0 aromatic heterocycles. The summed E-state index contributed by atoms with van der Waals surface area (Å²) in [6, 6.07) is 6.44. The van der Waals surface area contributed by atoms with E-state index in [9.17, 15) is 42.6 Å². The molecule has 0 radical (unpaired) electrons. The molecule has 3 aliphatic heterocycles.